The van der Waals surface area contributed by atoms with Crippen molar-refractivity contribution in [1.29, 1.82) is 0 Å². The monoisotopic (exact) mass is 411 g/mol. The molecule has 0 radical (unpaired) electrons. The van der Waals surface area contributed by atoms with Crippen LogP contribution in [0.1, 0.15) is 66.9 Å². The summed E-state index contributed by atoms with van der Waals surface area (Å²) in [6.45, 7) is 3.01. The normalized spacial score (nSPS) is 12.2. The number of ether oxygens (including phenoxy) is 1. The molecule has 3 heteroatoms. The largest absolute Gasteiger partial charge is 0.494 e. The molecule has 31 heavy (non-hydrogen) atoms. The minimum Gasteiger partial charge on any atom is -0.494 e. The molecule has 3 nitrogen and oxygen atoms in total. The summed E-state index contributed by atoms with van der Waals surface area (Å²) in [4.78, 5) is 17.2. The lowest BCUT2D eigenvalue weighted by atomic mass is 10.1. The minimum atomic E-state index is 0.0783. The highest BCUT2D eigenvalue weighted by molar-refractivity contribution is 6.22. The zero-order chi connectivity index (χ0) is 21.5. The quantitative estimate of drug-likeness (QED) is 0.202. The first kappa shape index (κ1) is 21.0. The fraction of sp³-hybridized carbons (Fsp3) is 0.286. The maximum Gasteiger partial charge on any atom is 0.194 e. The molecular formula is C28H29NO2. The molecule has 0 bridgehead atoms. The second-order valence-corrected chi connectivity index (χ2v) is 8.05. The molecule has 0 fully saturated rings. The molecular weight excluding hydrogens is 382 g/mol. The van der Waals surface area contributed by atoms with E-state index in [-0.39, 0.29) is 5.78 Å². The molecule has 158 valence electrons. The Labute approximate surface area is 184 Å². The first-order valence-corrected chi connectivity index (χ1v) is 11.3. The third kappa shape index (κ3) is 5.11. The van der Waals surface area contributed by atoms with Gasteiger partial charge >= 0.3 is 0 Å². The molecule has 0 unspecified atom stereocenters. The van der Waals surface area contributed by atoms with Gasteiger partial charge in [-0.15, -0.1) is 0 Å². The molecule has 0 N–H and O–H groups in total. The van der Waals surface area contributed by atoms with Crippen LogP contribution in [-0.2, 0) is 0 Å². The van der Waals surface area contributed by atoms with Gasteiger partial charge in [-0.05, 0) is 59.5 Å². The van der Waals surface area contributed by atoms with Gasteiger partial charge in [-0.25, -0.2) is 0 Å². The summed E-state index contributed by atoms with van der Waals surface area (Å²) in [6, 6.07) is 21.6. The lowest BCUT2D eigenvalue weighted by Gasteiger charge is -2.06. The number of carbonyl (C=O) groups is 1. The Bertz CT molecular complexity index is 1070. The van der Waals surface area contributed by atoms with Crippen LogP contribution >= 0.6 is 0 Å². The van der Waals surface area contributed by atoms with E-state index >= 15 is 0 Å². The lowest BCUT2D eigenvalue weighted by molar-refractivity contribution is 0.104. The van der Waals surface area contributed by atoms with Gasteiger partial charge in [-0.1, -0.05) is 69.4 Å². The standard InChI is InChI=1S/C28H29NO2/c1-2-3-4-5-6-9-18-31-23-15-12-21(13-16-23)20-29-22-14-17-25-24-10-7-8-11-26(24)28(30)27(25)19-22/h7-8,10-17,19-20H,2-6,9,18H2,1H3. The van der Waals surface area contributed by atoms with E-state index in [0.717, 1.165) is 52.3 Å². The number of unbranched alkanes of at least 4 members (excludes halogenated alkanes) is 5. The average Bonchev–Trinajstić information content (AvgIpc) is 3.10. The summed E-state index contributed by atoms with van der Waals surface area (Å²) in [5.74, 6) is 0.973. The molecule has 3 aromatic rings. The van der Waals surface area contributed by atoms with Gasteiger partial charge in [0.1, 0.15) is 5.75 Å². The second-order valence-electron chi connectivity index (χ2n) is 8.05. The van der Waals surface area contributed by atoms with Gasteiger partial charge < -0.3 is 4.74 Å². The van der Waals surface area contributed by atoms with Crippen LogP contribution < -0.4 is 4.74 Å². The number of hydrogen-bond donors (Lipinski definition) is 0. The van der Waals surface area contributed by atoms with Crippen molar-refractivity contribution in [2.24, 2.45) is 4.99 Å². The van der Waals surface area contributed by atoms with Gasteiger partial charge in [0.05, 0.1) is 12.3 Å². The van der Waals surface area contributed by atoms with Crippen molar-refractivity contribution >= 4 is 17.7 Å². The Hall–Kier alpha value is -3.20. The zero-order valence-corrected chi connectivity index (χ0v) is 18.1. The molecule has 0 spiro atoms. The summed E-state index contributed by atoms with van der Waals surface area (Å²) in [5.41, 5.74) is 5.29. The summed E-state index contributed by atoms with van der Waals surface area (Å²) < 4.78 is 5.84. The summed E-state index contributed by atoms with van der Waals surface area (Å²) in [7, 11) is 0. The number of nitrogens with zero attached hydrogens (tertiary/aromatic N) is 1. The SMILES string of the molecule is CCCCCCCCOc1ccc(C=Nc2ccc3c(c2)C(=O)c2ccccc2-3)cc1. The van der Waals surface area contributed by atoms with Crippen LogP contribution in [-0.4, -0.2) is 18.6 Å². The van der Waals surface area contributed by atoms with Gasteiger partial charge in [0.2, 0.25) is 0 Å². The van der Waals surface area contributed by atoms with E-state index in [0.29, 0.717) is 0 Å². The van der Waals surface area contributed by atoms with Gasteiger partial charge in [0, 0.05) is 17.3 Å². The number of aliphatic imine (C=N–C) groups is 1. The molecule has 1 aliphatic rings. The van der Waals surface area contributed by atoms with Crippen LogP contribution in [0, 0.1) is 0 Å². The minimum absolute atomic E-state index is 0.0783. The van der Waals surface area contributed by atoms with Crippen molar-refractivity contribution in [3.8, 4) is 16.9 Å². The van der Waals surface area contributed by atoms with Crippen LogP contribution in [0.4, 0.5) is 5.69 Å². The number of fused-ring (bicyclic) bond motifs is 3. The smallest absolute Gasteiger partial charge is 0.194 e. The van der Waals surface area contributed by atoms with E-state index in [1.807, 2.05) is 72.9 Å². The van der Waals surface area contributed by atoms with Crippen molar-refractivity contribution in [1.82, 2.24) is 0 Å². The number of carbonyl (C=O) groups excluding carboxylic acids is 1. The Kier molecular flexibility index (Phi) is 6.93. The highest BCUT2D eigenvalue weighted by Gasteiger charge is 2.26. The maximum absolute atomic E-state index is 12.7. The van der Waals surface area contributed by atoms with Crippen molar-refractivity contribution in [2.45, 2.75) is 45.4 Å². The molecule has 1 aliphatic carbocycles. The molecule has 3 aromatic carbocycles. The summed E-state index contributed by atoms with van der Waals surface area (Å²) in [6.07, 6.45) is 9.41. The number of rotatable bonds is 10. The molecule has 4 rings (SSSR count). The van der Waals surface area contributed by atoms with Crippen LogP contribution in [0.15, 0.2) is 71.7 Å². The van der Waals surface area contributed by atoms with Gasteiger partial charge in [0.15, 0.2) is 5.78 Å². The van der Waals surface area contributed by atoms with E-state index in [1.54, 1.807) is 0 Å². The first-order chi connectivity index (χ1) is 15.3. The van der Waals surface area contributed by atoms with Crippen molar-refractivity contribution in [2.75, 3.05) is 6.61 Å². The van der Waals surface area contributed by atoms with Gasteiger partial charge in [-0.3, -0.25) is 9.79 Å². The molecule has 0 saturated carbocycles. The van der Waals surface area contributed by atoms with E-state index in [4.69, 9.17) is 4.74 Å². The third-order valence-electron chi connectivity index (χ3n) is 5.72. The zero-order valence-electron chi connectivity index (χ0n) is 18.1. The highest BCUT2D eigenvalue weighted by Crippen LogP contribution is 2.38. The van der Waals surface area contributed by atoms with E-state index in [2.05, 4.69) is 11.9 Å². The fourth-order valence-electron chi connectivity index (χ4n) is 3.97. The topological polar surface area (TPSA) is 38.7 Å². The molecule has 0 amide bonds. The molecule has 0 aliphatic heterocycles. The predicted molar refractivity (Wildman–Crippen MR) is 128 cm³/mol. The highest BCUT2D eigenvalue weighted by atomic mass is 16.5. The number of benzene rings is 3. The summed E-state index contributed by atoms with van der Waals surface area (Å²) in [5, 5.41) is 0. The molecule has 0 heterocycles. The van der Waals surface area contributed by atoms with Crippen LogP contribution in [0.5, 0.6) is 5.75 Å². The van der Waals surface area contributed by atoms with Crippen molar-refractivity contribution < 1.29 is 9.53 Å². The van der Waals surface area contributed by atoms with Gasteiger partial charge in [0.25, 0.3) is 0 Å². The Morgan fingerprint density at radius 1 is 0.774 bits per heavy atom. The Morgan fingerprint density at radius 3 is 2.29 bits per heavy atom. The second kappa shape index (κ2) is 10.2. The van der Waals surface area contributed by atoms with Crippen molar-refractivity contribution in [3.63, 3.8) is 0 Å². The van der Waals surface area contributed by atoms with Crippen LogP contribution in [0.3, 0.4) is 0 Å². The van der Waals surface area contributed by atoms with Gasteiger partial charge in [-0.2, -0.15) is 0 Å². The number of hydrogen-bond acceptors (Lipinski definition) is 3. The van der Waals surface area contributed by atoms with Crippen molar-refractivity contribution in [3.05, 3.63) is 83.4 Å². The molecule has 0 saturated heterocycles. The number of ketones is 1. The fourth-order valence-corrected chi connectivity index (χ4v) is 3.97. The first-order valence-electron chi connectivity index (χ1n) is 11.3. The average molecular weight is 412 g/mol. The van der Waals surface area contributed by atoms with E-state index < -0.39 is 0 Å². The van der Waals surface area contributed by atoms with E-state index in [1.165, 1.54) is 32.1 Å². The van der Waals surface area contributed by atoms with Crippen LogP contribution in [0.2, 0.25) is 0 Å². The Balaban J connectivity index is 1.32. The van der Waals surface area contributed by atoms with E-state index in [9.17, 15) is 4.79 Å². The summed E-state index contributed by atoms with van der Waals surface area (Å²) >= 11 is 0. The molecule has 0 atom stereocenters. The van der Waals surface area contributed by atoms with Crippen LogP contribution in [0.25, 0.3) is 11.1 Å². The lowest BCUT2D eigenvalue weighted by Crippen LogP contribution is -1.97. The molecule has 0 aromatic heterocycles. The Morgan fingerprint density at radius 2 is 1.48 bits per heavy atom. The predicted octanol–water partition coefficient (Wildman–Crippen LogP) is 7.39. The maximum atomic E-state index is 12.7. The third-order valence-corrected chi connectivity index (χ3v) is 5.72.